The summed E-state index contributed by atoms with van der Waals surface area (Å²) < 4.78 is 5.77. The summed E-state index contributed by atoms with van der Waals surface area (Å²) in [5.41, 5.74) is 0.882. The Hall–Kier alpha value is -0.760. The van der Waals surface area contributed by atoms with E-state index in [4.69, 9.17) is 4.42 Å². The van der Waals surface area contributed by atoms with Crippen molar-refractivity contribution < 1.29 is 4.42 Å². The van der Waals surface area contributed by atoms with Crippen molar-refractivity contribution in [3.63, 3.8) is 0 Å². The molecule has 2 heteroatoms. The van der Waals surface area contributed by atoms with Gasteiger partial charge in [-0.05, 0) is 62.0 Å². The zero-order chi connectivity index (χ0) is 13.8. The molecule has 2 saturated carbocycles. The minimum absolute atomic E-state index is 0.300. The lowest BCUT2D eigenvalue weighted by atomic mass is 9.68. The van der Waals surface area contributed by atoms with Crippen LogP contribution >= 0.6 is 0 Å². The van der Waals surface area contributed by atoms with E-state index in [1.54, 1.807) is 0 Å². The first-order valence-electron chi connectivity index (χ1n) is 7.65. The summed E-state index contributed by atoms with van der Waals surface area (Å²) in [4.78, 5) is 0. The van der Waals surface area contributed by atoms with Gasteiger partial charge in [0.05, 0.1) is 6.04 Å². The average molecular weight is 261 g/mol. The molecule has 4 atom stereocenters. The van der Waals surface area contributed by atoms with Crippen LogP contribution in [0.25, 0.3) is 0 Å². The van der Waals surface area contributed by atoms with Crippen LogP contribution in [0.1, 0.15) is 64.5 Å². The van der Waals surface area contributed by atoms with Gasteiger partial charge in [-0.15, -0.1) is 0 Å². The lowest BCUT2D eigenvalue weighted by Gasteiger charge is -2.44. The van der Waals surface area contributed by atoms with Crippen LogP contribution < -0.4 is 5.32 Å². The first-order chi connectivity index (χ1) is 8.83. The van der Waals surface area contributed by atoms with Crippen LogP contribution in [0.5, 0.6) is 0 Å². The molecule has 1 heterocycles. The van der Waals surface area contributed by atoms with Gasteiger partial charge in [0.2, 0.25) is 0 Å². The van der Waals surface area contributed by atoms with Crippen molar-refractivity contribution in [2.24, 2.45) is 16.7 Å². The van der Waals surface area contributed by atoms with Crippen molar-refractivity contribution >= 4 is 0 Å². The standard InChI is InChI=1S/C17H27NO/c1-11-6-7-14(19-11)12(2)18-15-16(3,4)13-8-9-17(15,5)10-13/h6-7,12-13,15,18H,8-10H2,1-5H3/t12?,13-,15?,17+/m0/s1. The molecule has 0 spiro atoms. The number of nitrogens with one attached hydrogen (secondary N) is 1. The predicted molar refractivity (Wildman–Crippen MR) is 78.0 cm³/mol. The second-order valence-electron chi connectivity index (χ2n) is 7.68. The molecular formula is C17H27NO. The normalized spacial score (nSPS) is 37.7. The highest BCUT2D eigenvalue weighted by molar-refractivity contribution is 5.15. The Kier molecular flexibility index (Phi) is 2.87. The summed E-state index contributed by atoms with van der Waals surface area (Å²) >= 11 is 0. The predicted octanol–water partition coefficient (Wildman–Crippen LogP) is 4.45. The van der Waals surface area contributed by atoms with Crippen molar-refractivity contribution in [1.82, 2.24) is 5.32 Å². The summed E-state index contributed by atoms with van der Waals surface area (Å²) in [6.07, 6.45) is 4.18. The van der Waals surface area contributed by atoms with E-state index in [0.717, 1.165) is 17.4 Å². The molecule has 106 valence electrons. The number of fused-ring (bicyclic) bond motifs is 2. The first-order valence-corrected chi connectivity index (χ1v) is 7.65. The molecule has 0 aromatic carbocycles. The topological polar surface area (TPSA) is 25.2 Å². The third-order valence-electron chi connectivity index (χ3n) is 5.87. The Morgan fingerprint density at radius 1 is 1.32 bits per heavy atom. The molecule has 0 radical (unpaired) electrons. The Morgan fingerprint density at radius 2 is 2.05 bits per heavy atom. The smallest absolute Gasteiger partial charge is 0.120 e. The highest BCUT2D eigenvalue weighted by atomic mass is 16.3. The molecule has 0 amide bonds. The summed E-state index contributed by atoms with van der Waals surface area (Å²) in [5.74, 6) is 2.96. The van der Waals surface area contributed by atoms with Crippen LogP contribution in [0.4, 0.5) is 0 Å². The molecule has 0 aliphatic heterocycles. The van der Waals surface area contributed by atoms with Crippen molar-refractivity contribution in [2.45, 2.75) is 66.0 Å². The molecule has 3 rings (SSSR count). The maximum Gasteiger partial charge on any atom is 0.120 e. The Morgan fingerprint density at radius 3 is 2.58 bits per heavy atom. The average Bonchev–Trinajstić information content (AvgIpc) is 2.96. The van der Waals surface area contributed by atoms with E-state index in [1.165, 1.54) is 19.3 Å². The maximum atomic E-state index is 5.77. The summed E-state index contributed by atoms with van der Waals surface area (Å²) in [6.45, 7) is 11.6. The molecule has 1 N–H and O–H groups in total. The fraction of sp³-hybridized carbons (Fsp3) is 0.765. The molecule has 2 bridgehead atoms. The number of furan rings is 1. The van der Waals surface area contributed by atoms with E-state index in [-0.39, 0.29) is 0 Å². The van der Waals surface area contributed by atoms with Gasteiger partial charge in [-0.1, -0.05) is 20.8 Å². The van der Waals surface area contributed by atoms with Gasteiger partial charge in [-0.3, -0.25) is 0 Å². The van der Waals surface area contributed by atoms with Crippen molar-refractivity contribution in [1.29, 1.82) is 0 Å². The molecule has 1 aromatic rings. The highest BCUT2D eigenvalue weighted by Crippen LogP contribution is 2.62. The SMILES string of the molecule is Cc1ccc(C(C)NC2C(C)(C)[C@H]3CC[C@]2(C)C3)o1. The van der Waals surface area contributed by atoms with E-state index in [2.05, 4.69) is 45.1 Å². The van der Waals surface area contributed by atoms with Crippen molar-refractivity contribution in [3.05, 3.63) is 23.7 Å². The second kappa shape index (κ2) is 4.12. The van der Waals surface area contributed by atoms with Gasteiger partial charge in [0.1, 0.15) is 11.5 Å². The Bertz CT molecular complexity index is 471. The van der Waals surface area contributed by atoms with Gasteiger partial charge < -0.3 is 9.73 Å². The highest BCUT2D eigenvalue weighted by Gasteiger charge is 2.59. The Labute approximate surface area is 117 Å². The third kappa shape index (κ3) is 1.96. The lowest BCUT2D eigenvalue weighted by Crippen LogP contribution is -2.50. The van der Waals surface area contributed by atoms with Crippen LogP contribution in [0.2, 0.25) is 0 Å². The van der Waals surface area contributed by atoms with Gasteiger partial charge in [0.15, 0.2) is 0 Å². The van der Waals surface area contributed by atoms with E-state index in [0.29, 0.717) is 22.9 Å². The molecule has 19 heavy (non-hydrogen) atoms. The van der Waals surface area contributed by atoms with E-state index in [1.807, 2.05) is 6.92 Å². The van der Waals surface area contributed by atoms with Gasteiger partial charge in [-0.25, -0.2) is 0 Å². The van der Waals surface area contributed by atoms with Crippen LogP contribution in [0, 0.1) is 23.7 Å². The van der Waals surface area contributed by atoms with Gasteiger partial charge in [-0.2, -0.15) is 0 Å². The number of hydrogen-bond donors (Lipinski definition) is 1. The van der Waals surface area contributed by atoms with Crippen LogP contribution in [-0.2, 0) is 0 Å². The van der Waals surface area contributed by atoms with Crippen molar-refractivity contribution in [2.75, 3.05) is 0 Å². The molecule has 1 aromatic heterocycles. The van der Waals surface area contributed by atoms with Gasteiger partial charge in [0.25, 0.3) is 0 Å². The molecule has 2 fully saturated rings. The quantitative estimate of drug-likeness (QED) is 0.869. The first kappa shape index (κ1) is 13.2. The minimum Gasteiger partial charge on any atom is -0.465 e. The summed E-state index contributed by atoms with van der Waals surface area (Å²) in [6, 6.07) is 5.06. The third-order valence-corrected chi connectivity index (χ3v) is 5.87. The molecule has 0 saturated heterocycles. The van der Waals surface area contributed by atoms with Crippen LogP contribution in [0.15, 0.2) is 16.5 Å². The largest absolute Gasteiger partial charge is 0.465 e. The zero-order valence-corrected chi connectivity index (χ0v) is 12.9. The number of hydrogen-bond acceptors (Lipinski definition) is 2. The van der Waals surface area contributed by atoms with Crippen molar-refractivity contribution in [3.8, 4) is 0 Å². The maximum absolute atomic E-state index is 5.77. The van der Waals surface area contributed by atoms with Gasteiger partial charge in [0, 0.05) is 6.04 Å². The van der Waals surface area contributed by atoms with E-state index in [9.17, 15) is 0 Å². The van der Waals surface area contributed by atoms with Gasteiger partial charge >= 0.3 is 0 Å². The molecule has 2 nitrogen and oxygen atoms in total. The van der Waals surface area contributed by atoms with E-state index >= 15 is 0 Å². The minimum atomic E-state index is 0.300. The second-order valence-corrected chi connectivity index (χ2v) is 7.68. The zero-order valence-electron chi connectivity index (χ0n) is 12.9. The number of rotatable bonds is 3. The Balaban J connectivity index is 1.79. The monoisotopic (exact) mass is 261 g/mol. The fourth-order valence-corrected chi connectivity index (χ4v) is 4.74. The fourth-order valence-electron chi connectivity index (χ4n) is 4.74. The molecule has 2 aliphatic carbocycles. The molecular weight excluding hydrogens is 234 g/mol. The van der Waals surface area contributed by atoms with Crippen LogP contribution in [0.3, 0.4) is 0 Å². The molecule has 2 aliphatic rings. The van der Waals surface area contributed by atoms with Crippen LogP contribution in [-0.4, -0.2) is 6.04 Å². The summed E-state index contributed by atoms with van der Waals surface area (Å²) in [5, 5.41) is 3.88. The van der Waals surface area contributed by atoms with E-state index < -0.39 is 0 Å². The molecule has 2 unspecified atom stereocenters. The summed E-state index contributed by atoms with van der Waals surface area (Å²) in [7, 11) is 0. The lowest BCUT2D eigenvalue weighted by molar-refractivity contribution is 0.0974. The number of aryl methyl sites for hydroxylation is 1.